The van der Waals surface area contributed by atoms with E-state index in [9.17, 15) is 13.2 Å². The highest BCUT2D eigenvalue weighted by Gasteiger charge is 2.32. The lowest BCUT2D eigenvalue weighted by Crippen LogP contribution is -2.37. The standard InChI is InChI=1S/C26H29NO3S/c1-5-6-7-22-11-14-24(15-12-22)27(26(28)23-13-10-20(3)21(4)18-23)31(29,30)25-16-8-19(2)9-17-25/h8-18H,5-7H2,1-4H3. The van der Waals surface area contributed by atoms with Gasteiger partial charge < -0.3 is 0 Å². The van der Waals surface area contributed by atoms with Gasteiger partial charge in [0.05, 0.1) is 10.6 Å². The molecular weight excluding hydrogens is 406 g/mol. The van der Waals surface area contributed by atoms with Gasteiger partial charge in [0.2, 0.25) is 0 Å². The van der Waals surface area contributed by atoms with E-state index in [2.05, 4.69) is 6.92 Å². The second kappa shape index (κ2) is 9.48. The molecule has 0 unspecified atom stereocenters. The summed E-state index contributed by atoms with van der Waals surface area (Å²) in [6.07, 6.45) is 3.07. The van der Waals surface area contributed by atoms with Gasteiger partial charge in [-0.25, -0.2) is 8.42 Å². The Kier molecular flexibility index (Phi) is 6.96. The van der Waals surface area contributed by atoms with Crippen LogP contribution in [0.4, 0.5) is 5.69 Å². The third-order valence-corrected chi connectivity index (χ3v) is 7.21. The number of nitrogens with zero attached hydrogens (tertiary/aromatic N) is 1. The van der Waals surface area contributed by atoms with Gasteiger partial charge in [0.1, 0.15) is 0 Å². The number of hydrogen-bond acceptors (Lipinski definition) is 3. The van der Waals surface area contributed by atoms with Crippen LogP contribution < -0.4 is 4.31 Å². The largest absolute Gasteiger partial charge is 0.272 e. The monoisotopic (exact) mass is 435 g/mol. The summed E-state index contributed by atoms with van der Waals surface area (Å²) in [5.41, 5.74) is 4.74. The highest BCUT2D eigenvalue weighted by molar-refractivity contribution is 7.93. The molecule has 0 saturated carbocycles. The Morgan fingerprint density at radius 1 is 0.839 bits per heavy atom. The number of carbonyl (C=O) groups excluding carboxylic acids is 1. The van der Waals surface area contributed by atoms with E-state index in [1.807, 2.05) is 39.0 Å². The molecule has 0 bridgehead atoms. The Bertz CT molecular complexity index is 1160. The van der Waals surface area contributed by atoms with Crippen molar-refractivity contribution < 1.29 is 13.2 Å². The molecule has 3 aromatic carbocycles. The molecule has 162 valence electrons. The molecule has 5 heteroatoms. The number of amides is 1. The summed E-state index contributed by atoms with van der Waals surface area (Å²) in [5.74, 6) is -0.565. The Morgan fingerprint density at radius 2 is 1.48 bits per heavy atom. The van der Waals surface area contributed by atoms with Crippen molar-refractivity contribution in [1.82, 2.24) is 0 Å². The van der Waals surface area contributed by atoms with Crippen molar-refractivity contribution >= 4 is 21.6 Å². The topological polar surface area (TPSA) is 54.5 Å². The Hall–Kier alpha value is -2.92. The summed E-state index contributed by atoms with van der Waals surface area (Å²) in [6, 6.07) is 19.1. The lowest BCUT2D eigenvalue weighted by atomic mass is 10.1. The van der Waals surface area contributed by atoms with Crippen LogP contribution in [0.15, 0.2) is 71.6 Å². The molecule has 0 aliphatic heterocycles. The predicted molar refractivity (Wildman–Crippen MR) is 126 cm³/mol. The van der Waals surface area contributed by atoms with Crippen LogP contribution in [0, 0.1) is 20.8 Å². The second-order valence-electron chi connectivity index (χ2n) is 7.96. The summed E-state index contributed by atoms with van der Waals surface area (Å²) in [4.78, 5) is 13.6. The maximum atomic E-state index is 13.6. The maximum absolute atomic E-state index is 13.6. The first-order valence-electron chi connectivity index (χ1n) is 10.6. The summed E-state index contributed by atoms with van der Waals surface area (Å²) in [7, 11) is -4.09. The van der Waals surface area contributed by atoms with Gasteiger partial charge in [-0.1, -0.05) is 49.2 Å². The van der Waals surface area contributed by atoms with Crippen LogP contribution >= 0.6 is 0 Å². The van der Waals surface area contributed by atoms with E-state index in [0.717, 1.165) is 45.8 Å². The van der Waals surface area contributed by atoms with Crippen LogP contribution in [0.1, 0.15) is 52.4 Å². The zero-order valence-electron chi connectivity index (χ0n) is 18.6. The Morgan fingerprint density at radius 3 is 2.06 bits per heavy atom. The molecular formula is C26H29NO3S. The van der Waals surface area contributed by atoms with Crippen molar-refractivity contribution in [3.05, 3.63) is 94.5 Å². The summed E-state index contributed by atoms with van der Waals surface area (Å²) >= 11 is 0. The molecule has 3 rings (SSSR count). The first-order chi connectivity index (χ1) is 14.7. The van der Waals surface area contributed by atoms with Gasteiger partial charge in [0.25, 0.3) is 15.9 Å². The fourth-order valence-corrected chi connectivity index (χ4v) is 4.77. The molecule has 0 aromatic heterocycles. The molecule has 4 nitrogen and oxygen atoms in total. The molecule has 0 heterocycles. The first-order valence-corrected chi connectivity index (χ1v) is 12.0. The van der Waals surface area contributed by atoms with E-state index in [1.165, 1.54) is 0 Å². The minimum atomic E-state index is -4.09. The third-order valence-electron chi connectivity index (χ3n) is 5.49. The number of unbranched alkanes of at least 4 members (excludes halogenated alkanes) is 1. The summed E-state index contributed by atoms with van der Waals surface area (Å²) in [5, 5.41) is 0. The molecule has 1 amide bonds. The number of carbonyl (C=O) groups is 1. The smallest absolute Gasteiger partial charge is 0.268 e. The van der Waals surface area contributed by atoms with Crippen LogP contribution in [0.2, 0.25) is 0 Å². The number of aryl methyl sites for hydroxylation is 4. The van der Waals surface area contributed by atoms with Crippen molar-refractivity contribution in [3.63, 3.8) is 0 Å². The van der Waals surface area contributed by atoms with Crippen molar-refractivity contribution in [2.75, 3.05) is 4.31 Å². The second-order valence-corrected chi connectivity index (χ2v) is 9.74. The molecule has 0 aliphatic rings. The van der Waals surface area contributed by atoms with Crippen LogP contribution in [0.5, 0.6) is 0 Å². The van der Waals surface area contributed by atoms with Crippen molar-refractivity contribution in [2.24, 2.45) is 0 Å². The van der Waals surface area contributed by atoms with Crippen molar-refractivity contribution in [3.8, 4) is 0 Å². The molecule has 0 aliphatic carbocycles. The van der Waals surface area contributed by atoms with Gasteiger partial charge in [0.15, 0.2) is 0 Å². The molecule has 0 radical (unpaired) electrons. The number of rotatable bonds is 7. The fraction of sp³-hybridized carbons (Fsp3) is 0.269. The van der Waals surface area contributed by atoms with Gasteiger partial charge >= 0.3 is 0 Å². The van der Waals surface area contributed by atoms with Gasteiger partial charge in [0, 0.05) is 5.56 Å². The van der Waals surface area contributed by atoms with Crippen LogP contribution in [-0.4, -0.2) is 14.3 Å². The quantitative estimate of drug-likeness (QED) is 0.458. The highest BCUT2D eigenvalue weighted by Crippen LogP contribution is 2.27. The fourth-order valence-electron chi connectivity index (χ4n) is 3.35. The number of hydrogen-bond donors (Lipinski definition) is 0. The van der Waals surface area contributed by atoms with Crippen molar-refractivity contribution in [2.45, 2.75) is 51.9 Å². The number of anilines is 1. The van der Waals surface area contributed by atoms with E-state index < -0.39 is 15.9 Å². The molecule has 0 saturated heterocycles. The van der Waals surface area contributed by atoms with Gasteiger partial charge in [-0.15, -0.1) is 0 Å². The molecule has 0 N–H and O–H groups in total. The predicted octanol–water partition coefficient (Wildman–Crippen LogP) is 5.99. The minimum absolute atomic E-state index is 0.0883. The van der Waals surface area contributed by atoms with Crippen LogP contribution in [-0.2, 0) is 16.4 Å². The van der Waals surface area contributed by atoms with Gasteiger partial charge in [-0.3, -0.25) is 4.79 Å². The third kappa shape index (κ3) is 5.05. The van der Waals surface area contributed by atoms with Gasteiger partial charge in [-0.05, 0) is 86.7 Å². The Balaban J connectivity index is 2.10. The number of benzene rings is 3. The van der Waals surface area contributed by atoms with E-state index in [4.69, 9.17) is 0 Å². The highest BCUT2D eigenvalue weighted by atomic mass is 32.2. The molecule has 0 fully saturated rings. The lowest BCUT2D eigenvalue weighted by Gasteiger charge is -2.23. The van der Waals surface area contributed by atoms with E-state index >= 15 is 0 Å². The average molecular weight is 436 g/mol. The molecule has 31 heavy (non-hydrogen) atoms. The Labute approximate surface area is 185 Å². The molecule has 0 spiro atoms. The normalized spacial score (nSPS) is 11.4. The van der Waals surface area contributed by atoms with Crippen LogP contribution in [0.3, 0.4) is 0 Å². The maximum Gasteiger partial charge on any atom is 0.272 e. The van der Waals surface area contributed by atoms with E-state index in [1.54, 1.807) is 48.5 Å². The van der Waals surface area contributed by atoms with E-state index in [-0.39, 0.29) is 4.90 Å². The summed E-state index contributed by atoms with van der Waals surface area (Å²) in [6.45, 7) is 7.89. The number of sulfonamides is 1. The molecule has 3 aromatic rings. The van der Waals surface area contributed by atoms with E-state index in [0.29, 0.717) is 11.3 Å². The SMILES string of the molecule is CCCCc1ccc(N(C(=O)c2ccc(C)c(C)c2)S(=O)(=O)c2ccc(C)cc2)cc1. The molecule has 0 atom stereocenters. The zero-order chi connectivity index (χ0) is 22.6. The lowest BCUT2D eigenvalue weighted by molar-refractivity contribution is 0.101. The summed E-state index contributed by atoms with van der Waals surface area (Å²) < 4.78 is 28.1. The average Bonchev–Trinajstić information content (AvgIpc) is 2.75. The zero-order valence-corrected chi connectivity index (χ0v) is 19.4. The minimum Gasteiger partial charge on any atom is -0.268 e. The van der Waals surface area contributed by atoms with Crippen molar-refractivity contribution in [1.29, 1.82) is 0 Å². The van der Waals surface area contributed by atoms with Crippen LogP contribution in [0.25, 0.3) is 0 Å². The first kappa shape index (κ1) is 22.8. The van der Waals surface area contributed by atoms with Gasteiger partial charge in [-0.2, -0.15) is 4.31 Å².